The number of benzene rings is 1. The molecule has 5 atom stereocenters. The molecule has 1 saturated heterocycles. The summed E-state index contributed by atoms with van der Waals surface area (Å²) in [6.07, 6.45) is -2.54. The predicted octanol–water partition coefficient (Wildman–Crippen LogP) is 2.70. The maximum Gasteiger partial charge on any atom is 0.459 e. The Morgan fingerprint density at radius 2 is 1.95 bits per heavy atom. The van der Waals surface area contributed by atoms with E-state index in [-0.39, 0.29) is 5.75 Å². The zero-order chi connectivity index (χ0) is 28.3. The van der Waals surface area contributed by atoms with Crippen molar-refractivity contribution in [2.24, 2.45) is 5.92 Å². The highest BCUT2D eigenvalue weighted by Crippen LogP contribution is 2.51. The average molecular weight is 596 g/mol. The zero-order valence-electron chi connectivity index (χ0n) is 20.3. The second kappa shape index (κ2) is 12.1. The van der Waals surface area contributed by atoms with Gasteiger partial charge in [0.05, 0.1) is 30.9 Å². The second-order valence-corrected chi connectivity index (χ2v) is 11.7. The number of hydrogen-bond acceptors (Lipinski definition) is 9. The molecule has 1 aromatic carbocycles. The third kappa shape index (κ3) is 6.90. The summed E-state index contributed by atoms with van der Waals surface area (Å²) in [5, 5.41) is 2.47. The van der Waals surface area contributed by atoms with Crippen LogP contribution in [0.15, 0.2) is 46.1 Å². The predicted molar refractivity (Wildman–Crippen MR) is 134 cm³/mol. The topological polar surface area (TPSA) is 155 Å². The van der Waals surface area contributed by atoms with E-state index in [1.54, 1.807) is 37.0 Å². The summed E-state index contributed by atoms with van der Waals surface area (Å²) in [6, 6.07) is 6.75. The van der Waals surface area contributed by atoms with Gasteiger partial charge in [-0.1, -0.05) is 41.4 Å². The second-order valence-electron chi connectivity index (χ2n) is 8.54. The van der Waals surface area contributed by atoms with E-state index in [2.05, 4.69) is 5.09 Å². The molecule has 0 bridgehead atoms. The summed E-state index contributed by atoms with van der Waals surface area (Å²) in [4.78, 5) is 49.6. The molecule has 3 rings (SSSR count). The molecule has 2 heterocycles. The normalized spacial score (nSPS) is 23.0. The van der Waals surface area contributed by atoms with Crippen molar-refractivity contribution in [1.29, 1.82) is 0 Å². The quantitative estimate of drug-likeness (QED) is 0.171. The number of esters is 1. The average Bonchev–Trinajstić information content (AvgIpc) is 3.09. The molecular weight excluding hydrogens is 571 g/mol. The molecule has 208 valence electrons. The first-order chi connectivity index (χ1) is 17.8. The summed E-state index contributed by atoms with van der Waals surface area (Å²) >= 11 is 12.7. The van der Waals surface area contributed by atoms with Crippen LogP contribution in [0.5, 0.6) is 5.75 Å². The van der Waals surface area contributed by atoms with Crippen molar-refractivity contribution in [2.45, 2.75) is 49.6 Å². The Morgan fingerprint density at radius 3 is 2.55 bits per heavy atom. The lowest BCUT2D eigenvalue weighted by atomic mass is 10.0. The fraction of sp³-hybridized carbons (Fsp3) is 0.455. The van der Waals surface area contributed by atoms with Crippen molar-refractivity contribution in [3.8, 4) is 5.75 Å². The van der Waals surface area contributed by atoms with Crippen molar-refractivity contribution in [3.63, 3.8) is 0 Å². The van der Waals surface area contributed by atoms with Crippen LogP contribution in [0.1, 0.15) is 27.0 Å². The van der Waals surface area contributed by atoms with Gasteiger partial charge in [0.1, 0.15) is 18.1 Å². The van der Waals surface area contributed by atoms with Crippen molar-refractivity contribution >= 4 is 43.2 Å². The number of nitrogens with zero attached hydrogens (tertiary/aromatic N) is 1. The molecular formula is C22H25Cl2FN3O9P. The van der Waals surface area contributed by atoms with Crippen LogP contribution in [-0.4, -0.2) is 51.0 Å². The van der Waals surface area contributed by atoms with Gasteiger partial charge in [-0.3, -0.25) is 23.7 Å². The Hall–Kier alpha value is -2.54. The van der Waals surface area contributed by atoms with Crippen molar-refractivity contribution in [3.05, 3.63) is 63.2 Å². The standard InChI is InChI=1S/C22H25Cl2FN3O9P/c1-12(2)35-19(31)13(3)27-38(33,37-14-7-5-4-6-8-14)34-11-17-15(10-29)22(23,24)20(36-17)28-9-16(25)18(30)26-21(28)32/h4-10,12-13,15,17,20H,11H2,1-3H3,(H,27,33)(H,26,30,32)/t13-,15?,17+,20?,38-/m0/s1. The lowest BCUT2D eigenvalue weighted by Gasteiger charge is -2.25. The number of aromatic amines is 1. The summed E-state index contributed by atoms with van der Waals surface area (Å²) in [5.41, 5.74) is -2.38. The number of carbonyl (C=O) groups is 2. The minimum Gasteiger partial charge on any atom is -0.462 e. The summed E-state index contributed by atoms with van der Waals surface area (Å²) in [7, 11) is -4.35. The smallest absolute Gasteiger partial charge is 0.459 e. The molecule has 1 fully saturated rings. The van der Waals surface area contributed by atoms with E-state index in [0.717, 1.165) is 0 Å². The molecule has 0 aliphatic carbocycles. The Bertz CT molecular complexity index is 1320. The van der Waals surface area contributed by atoms with Crippen LogP contribution in [0.25, 0.3) is 0 Å². The number of alkyl halides is 2. The van der Waals surface area contributed by atoms with E-state index in [1.165, 1.54) is 19.1 Å². The minimum atomic E-state index is -4.35. The van der Waals surface area contributed by atoms with Gasteiger partial charge in [-0.15, -0.1) is 0 Å². The van der Waals surface area contributed by atoms with E-state index in [0.29, 0.717) is 17.1 Å². The molecule has 1 aliphatic heterocycles. The number of H-pyrrole nitrogens is 1. The number of hydrogen-bond donors (Lipinski definition) is 2. The highest BCUT2D eigenvalue weighted by Gasteiger charge is 2.57. The SMILES string of the molecule is CC(C)OC(=O)[C@H](C)N[P@](=O)(OC[C@H]1OC(n2cc(F)c(=O)[nH]c2=O)C(Cl)(Cl)C1C=O)Oc1ccccc1. The molecule has 0 saturated carbocycles. The van der Waals surface area contributed by atoms with Crippen LogP contribution < -0.4 is 20.9 Å². The third-order valence-electron chi connectivity index (χ3n) is 5.24. The maximum atomic E-state index is 13.9. The Kier molecular flexibility index (Phi) is 9.56. The fourth-order valence-electron chi connectivity index (χ4n) is 3.47. The maximum absolute atomic E-state index is 13.9. The molecule has 16 heteroatoms. The highest BCUT2D eigenvalue weighted by atomic mass is 35.5. The van der Waals surface area contributed by atoms with Crippen molar-refractivity contribution in [2.75, 3.05) is 6.61 Å². The fourth-order valence-corrected chi connectivity index (χ4v) is 5.67. The van der Waals surface area contributed by atoms with Crippen molar-refractivity contribution in [1.82, 2.24) is 14.6 Å². The number of para-hydroxylation sites is 1. The Morgan fingerprint density at radius 1 is 1.29 bits per heavy atom. The molecule has 2 N–H and O–H groups in total. The van der Waals surface area contributed by atoms with E-state index in [9.17, 15) is 28.1 Å². The number of aldehydes is 1. The number of halogens is 3. The number of ether oxygens (including phenoxy) is 2. The summed E-state index contributed by atoms with van der Waals surface area (Å²) < 4.78 is 47.8. The minimum absolute atomic E-state index is 0.129. The van der Waals surface area contributed by atoms with Gasteiger partial charge in [0.25, 0.3) is 5.56 Å². The van der Waals surface area contributed by atoms with Gasteiger partial charge in [0.15, 0.2) is 10.6 Å². The number of aromatic nitrogens is 2. The van der Waals surface area contributed by atoms with Crippen LogP contribution in [0.3, 0.4) is 0 Å². The van der Waals surface area contributed by atoms with E-state index >= 15 is 0 Å². The molecule has 0 radical (unpaired) electrons. The van der Waals surface area contributed by atoms with Gasteiger partial charge in [-0.25, -0.2) is 9.36 Å². The van der Waals surface area contributed by atoms with Crippen LogP contribution in [0.2, 0.25) is 0 Å². The molecule has 38 heavy (non-hydrogen) atoms. The number of carbonyl (C=O) groups excluding carboxylic acids is 2. The molecule has 0 amide bonds. The number of rotatable bonds is 11. The Balaban J connectivity index is 1.86. The molecule has 2 unspecified atom stereocenters. The molecule has 1 aliphatic rings. The van der Waals surface area contributed by atoms with Gasteiger partial charge < -0.3 is 18.8 Å². The van der Waals surface area contributed by atoms with Gasteiger partial charge in [0, 0.05) is 0 Å². The van der Waals surface area contributed by atoms with Crippen LogP contribution in [0, 0.1) is 11.7 Å². The largest absolute Gasteiger partial charge is 0.462 e. The van der Waals surface area contributed by atoms with E-state index in [1.807, 2.05) is 0 Å². The lowest BCUT2D eigenvalue weighted by molar-refractivity contribution is -0.149. The molecule has 0 spiro atoms. The highest BCUT2D eigenvalue weighted by molar-refractivity contribution is 7.52. The zero-order valence-corrected chi connectivity index (χ0v) is 22.7. The number of nitrogens with one attached hydrogen (secondary N) is 2. The van der Waals surface area contributed by atoms with Gasteiger partial charge in [-0.2, -0.15) is 9.48 Å². The van der Waals surface area contributed by atoms with Gasteiger partial charge in [-0.05, 0) is 32.9 Å². The molecule has 12 nitrogen and oxygen atoms in total. The van der Waals surface area contributed by atoms with E-state index in [4.69, 9.17) is 41.7 Å². The lowest BCUT2D eigenvalue weighted by Crippen LogP contribution is -2.40. The first kappa shape index (κ1) is 30.0. The van der Waals surface area contributed by atoms with Crippen LogP contribution >= 0.6 is 30.9 Å². The van der Waals surface area contributed by atoms with Gasteiger partial charge in [0.2, 0.25) is 5.82 Å². The first-order valence-corrected chi connectivity index (χ1v) is 13.5. The Labute approximate surface area is 225 Å². The first-order valence-electron chi connectivity index (χ1n) is 11.2. The van der Waals surface area contributed by atoms with Crippen molar-refractivity contribution < 1.29 is 37.1 Å². The molecule has 1 aromatic heterocycles. The molecule has 2 aromatic rings. The summed E-state index contributed by atoms with van der Waals surface area (Å²) in [5.74, 6) is -3.30. The van der Waals surface area contributed by atoms with E-state index < -0.39 is 72.1 Å². The summed E-state index contributed by atoms with van der Waals surface area (Å²) in [6.45, 7) is 4.02. The van der Waals surface area contributed by atoms with Crippen LogP contribution in [-0.2, 0) is 28.2 Å². The third-order valence-corrected chi connectivity index (χ3v) is 7.76. The van der Waals surface area contributed by atoms with Gasteiger partial charge >= 0.3 is 19.4 Å². The van der Waals surface area contributed by atoms with Crippen LogP contribution in [0.4, 0.5) is 4.39 Å². The monoisotopic (exact) mass is 595 g/mol.